The molecule has 0 aromatic heterocycles. The molecule has 0 saturated carbocycles. The zero-order valence-electron chi connectivity index (χ0n) is 9.38. The molecule has 0 aliphatic heterocycles. The van der Waals surface area contributed by atoms with Crippen molar-refractivity contribution < 1.29 is 9.84 Å². The average Bonchev–Trinajstić information content (AvgIpc) is 2.26. The van der Waals surface area contributed by atoms with E-state index in [1.54, 1.807) is 7.11 Å². The molecule has 1 rings (SSSR count). The first-order valence-electron chi connectivity index (χ1n) is 4.54. The van der Waals surface area contributed by atoms with Crippen LogP contribution in [0.15, 0.2) is 24.8 Å². The molecule has 0 spiro atoms. The number of aromatic hydroxyl groups is 1. The van der Waals surface area contributed by atoms with Crippen LogP contribution in [0.4, 0.5) is 0 Å². The summed E-state index contributed by atoms with van der Waals surface area (Å²) in [5, 5.41) is 9.54. The number of benzene rings is 1. The second-order valence-corrected chi connectivity index (χ2v) is 2.96. The van der Waals surface area contributed by atoms with Crippen molar-refractivity contribution in [3.05, 3.63) is 35.9 Å². The maximum absolute atomic E-state index is 9.54. The molecule has 1 aromatic rings. The van der Waals surface area contributed by atoms with Crippen LogP contribution in [-0.2, 0) is 6.42 Å². The fourth-order valence-corrected chi connectivity index (χ4v) is 1.26. The van der Waals surface area contributed by atoms with Crippen LogP contribution in [0, 0.1) is 6.92 Å². The summed E-state index contributed by atoms with van der Waals surface area (Å²) >= 11 is 2.94. The van der Waals surface area contributed by atoms with Crippen molar-refractivity contribution in [2.75, 3.05) is 12.9 Å². The van der Waals surface area contributed by atoms with Gasteiger partial charge in [-0.25, -0.2) is 0 Å². The number of alkyl halides is 1. The Morgan fingerprint density at radius 3 is 2.53 bits per heavy atom. The molecule has 0 atom stereocenters. The van der Waals surface area contributed by atoms with E-state index in [-0.39, 0.29) is 5.75 Å². The second-order valence-electron chi connectivity index (χ2n) is 2.96. The number of allylic oxidation sites excluding steroid dienone is 1. The maximum Gasteiger partial charge on any atom is 0.161 e. The van der Waals surface area contributed by atoms with Gasteiger partial charge in [-0.2, -0.15) is 0 Å². The van der Waals surface area contributed by atoms with Gasteiger partial charge in [-0.05, 0) is 36.4 Å². The number of phenols is 1. The van der Waals surface area contributed by atoms with Crippen LogP contribution in [0.5, 0.6) is 11.5 Å². The van der Waals surface area contributed by atoms with Crippen LogP contribution in [0.3, 0.4) is 0 Å². The summed E-state index contributed by atoms with van der Waals surface area (Å²) in [5.74, 6) is 2.56. The Morgan fingerprint density at radius 1 is 1.47 bits per heavy atom. The second kappa shape index (κ2) is 7.35. The summed E-state index contributed by atoms with van der Waals surface area (Å²) in [6.45, 7) is 5.51. The molecule has 0 amide bonds. The Kier molecular flexibility index (Phi) is 6.88. The Labute approximate surface area is 99.7 Å². The highest BCUT2D eigenvalue weighted by atomic mass is 79.9. The number of phenolic OH excluding ortho intramolecular Hbond substituents is 1. The van der Waals surface area contributed by atoms with Gasteiger partial charge in [0.25, 0.3) is 0 Å². The molecular formula is C12H17BrO2. The molecule has 15 heavy (non-hydrogen) atoms. The van der Waals surface area contributed by atoms with Crippen LogP contribution in [0.25, 0.3) is 0 Å². The molecule has 0 bridgehead atoms. The molecule has 0 fully saturated rings. The van der Waals surface area contributed by atoms with Gasteiger partial charge in [0.05, 0.1) is 7.11 Å². The van der Waals surface area contributed by atoms with Gasteiger partial charge in [0, 0.05) is 0 Å². The monoisotopic (exact) mass is 272 g/mol. The summed E-state index contributed by atoms with van der Waals surface area (Å²) < 4.78 is 5.03. The van der Waals surface area contributed by atoms with Crippen molar-refractivity contribution in [3.8, 4) is 11.5 Å². The third-order valence-corrected chi connectivity index (χ3v) is 1.93. The predicted octanol–water partition coefficient (Wildman–Crippen LogP) is 3.45. The van der Waals surface area contributed by atoms with Gasteiger partial charge < -0.3 is 9.84 Å². The number of halogens is 1. The van der Waals surface area contributed by atoms with Crippen molar-refractivity contribution in [1.82, 2.24) is 0 Å². The molecule has 1 N–H and O–H groups in total. The minimum absolute atomic E-state index is 0.218. The molecule has 0 aliphatic carbocycles. The molecule has 3 heteroatoms. The fraction of sp³-hybridized carbons (Fsp3) is 0.333. The third-order valence-electron chi connectivity index (χ3n) is 1.93. The lowest BCUT2D eigenvalue weighted by molar-refractivity contribution is 0.371. The third kappa shape index (κ3) is 3.96. The first-order valence-corrected chi connectivity index (χ1v) is 6.12. The van der Waals surface area contributed by atoms with E-state index in [9.17, 15) is 5.11 Å². The number of hydrogen-bond acceptors (Lipinski definition) is 2. The topological polar surface area (TPSA) is 29.5 Å². The van der Waals surface area contributed by atoms with Crippen molar-refractivity contribution in [3.63, 3.8) is 0 Å². The van der Waals surface area contributed by atoms with E-state index < -0.39 is 0 Å². The number of rotatable bonds is 3. The van der Waals surface area contributed by atoms with Gasteiger partial charge in [-0.1, -0.05) is 28.1 Å². The van der Waals surface area contributed by atoms with Gasteiger partial charge in [-0.15, -0.1) is 6.58 Å². The molecule has 0 unspecified atom stereocenters. The van der Waals surface area contributed by atoms with E-state index in [1.807, 2.05) is 31.0 Å². The summed E-state index contributed by atoms with van der Waals surface area (Å²) in [6.07, 6.45) is 2.61. The Balaban J connectivity index is 0.000000921. The van der Waals surface area contributed by atoms with E-state index in [1.165, 1.54) is 0 Å². The van der Waals surface area contributed by atoms with Crippen molar-refractivity contribution in [2.24, 2.45) is 0 Å². The average molecular weight is 273 g/mol. The molecule has 0 radical (unpaired) electrons. The Bertz CT molecular complexity index is 322. The highest BCUT2D eigenvalue weighted by molar-refractivity contribution is 9.08. The van der Waals surface area contributed by atoms with Crippen LogP contribution in [-0.4, -0.2) is 18.0 Å². The molecule has 0 aliphatic rings. The summed E-state index contributed by atoms with van der Waals surface area (Å²) in [6, 6.07) is 3.75. The smallest absolute Gasteiger partial charge is 0.161 e. The van der Waals surface area contributed by atoms with Crippen molar-refractivity contribution in [2.45, 2.75) is 13.3 Å². The molecule has 84 valence electrons. The zero-order valence-corrected chi connectivity index (χ0v) is 11.0. The lowest BCUT2D eigenvalue weighted by Gasteiger charge is -2.08. The van der Waals surface area contributed by atoms with Crippen LogP contribution in [0.1, 0.15) is 11.1 Å². The molecule has 1 aromatic carbocycles. The largest absolute Gasteiger partial charge is 0.504 e. The lowest BCUT2D eigenvalue weighted by Crippen LogP contribution is -1.89. The van der Waals surface area contributed by atoms with E-state index >= 15 is 0 Å². The number of aryl methyl sites for hydroxylation is 1. The molecule has 0 heterocycles. The standard InChI is InChI=1S/C11H14O2.CH3Br/c1-4-5-9-6-8(2)11(12)10(7-9)13-3;1-2/h4,6-7,12H,1,5H2,2-3H3;1H3. The van der Waals surface area contributed by atoms with Crippen LogP contribution < -0.4 is 4.74 Å². The molecule has 2 nitrogen and oxygen atoms in total. The number of hydrogen-bond donors (Lipinski definition) is 1. The highest BCUT2D eigenvalue weighted by Gasteiger charge is 2.05. The first kappa shape index (κ1) is 14.0. The van der Waals surface area contributed by atoms with Crippen molar-refractivity contribution >= 4 is 15.9 Å². The van der Waals surface area contributed by atoms with E-state index in [4.69, 9.17) is 4.74 Å². The summed E-state index contributed by atoms with van der Waals surface area (Å²) in [5.41, 5.74) is 1.93. The van der Waals surface area contributed by atoms with Gasteiger partial charge >= 0.3 is 0 Å². The zero-order chi connectivity index (χ0) is 11.8. The molecule has 0 saturated heterocycles. The molecular weight excluding hydrogens is 256 g/mol. The van der Waals surface area contributed by atoms with Crippen LogP contribution >= 0.6 is 15.9 Å². The predicted molar refractivity (Wildman–Crippen MR) is 68.1 cm³/mol. The first-order chi connectivity index (χ1) is 7.19. The van der Waals surface area contributed by atoms with Gasteiger partial charge in [0.1, 0.15) is 0 Å². The number of ether oxygens (including phenoxy) is 1. The maximum atomic E-state index is 9.54. The Morgan fingerprint density at radius 2 is 2.07 bits per heavy atom. The van der Waals surface area contributed by atoms with Gasteiger partial charge in [-0.3, -0.25) is 0 Å². The van der Waals surface area contributed by atoms with E-state index in [0.717, 1.165) is 17.5 Å². The van der Waals surface area contributed by atoms with Crippen LogP contribution in [0.2, 0.25) is 0 Å². The lowest BCUT2D eigenvalue weighted by atomic mass is 10.1. The summed E-state index contributed by atoms with van der Waals surface area (Å²) in [4.78, 5) is 0. The van der Waals surface area contributed by atoms with E-state index in [2.05, 4.69) is 22.5 Å². The van der Waals surface area contributed by atoms with E-state index in [0.29, 0.717) is 5.75 Å². The quantitative estimate of drug-likeness (QED) is 0.675. The fourth-order valence-electron chi connectivity index (χ4n) is 1.26. The Hall–Kier alpha value is -0.960. The minimum Gasteiger partial charge on any atom is -0.504 e. The minimum atomic E-state index is 0.218. The normalized spacial score (nSPS) is 8.80. The SMILES string of the molecule is C=CCc1cc(C)c(O)c(OC)c1.CBr. The van der Waals surface area contributed by atoms with Gasteiger partial charge in [0.15, 0.2) is 11.5 Å². The van der Waals surface area contributed by atoms with Gasteiger partial charge in [0.2, 0.25) is 0 Å². The van der Waals surface area contributed by atoms with Crippen molar-refractivity contribution in [1.29, 1.82) is 0 Å². The summed E-state index contributed by atoms with van der Waals surface area (Å²) in [7, 11) is 1.55. The highest BCUT2D eigenvalue weighted by Crippen LogP contribution is 2.30. The number of methoxy groups -OCH3 is 1.